The van der Waals surface area contributed by atoms with Crippen LogP contribution in [0, 0.1) is 5.92 Å². The molecule has 56 valence electrons. The summed E-state index contributed by atoms with van der Waals surface area (Å²) >= 11 is 0. The average Bonchev–Trinajstić information content (AvgIpc) is 1.63. The van der Waals surface area contributed by atoms with Crippen molar-refractivity contribution in [1.29, 1.82) is 0 Å². The van der Waals surface area contributed by atoms with Crippen molar-refractivity contribution in [1.82, 2.24) is 10.2 Å². The molecule has 0 amide bonds. The van der Waals surface area contributed by atoms with E-state index in [4.69, 9.17) is 0 Å². The van der Waals surface area contributed by atoms with Gasteiger partial charge in [-0.25, -0.2) is 0 Å². The molecule has 0 aromatic carbocycles. The molecule has 0 spiro atoms. The Balaban J connectivity index is 3.15. The SMILES string of the molecule is CNCC(C)CN(C)C. The van der Waals surface area contributed by atoms with E-state index in [0.29, 0.717) is 0 Å². The Morgan fingerprint density at radius 2 is 2.00 bits per heavy atom. The van der Waals surface area contributed by atoms with Crippen LogP contribution in [0.1, 0.15) is 6.92 Å². The van der Waals surface area contributed by atoms with Crippen molar-refractivity contribution in [2.45, 2.75) is 6.92 Å². The highest BCUT2D eigenvalue weighted by Gasteiger charge is 1.99. The fourth-order valence-corrected chi connectivity index (χ4v) is 1.04. The molecule has 0 fully saturated rings. The number of hydrogen-bond acceptors (Lipinski definition) is 2. The topological polar surface area (TPSA) is 15.3 Å². The lowest BCUT2D eigenvalue weighted by atomic mass is 10.2. The first kappa shape index (κ1) is 8.92. The van der Waals surface area contributed by atoms with Gasteiger partial charge in [0.15, 0.2) is 0 Å². The summed E-state index contributed by atoms with van der Waals surface area (Å²) in [5, 5.41) is 3.15. The highest BCUT2D eigenvalue weighted by atomic mass is 15.1. The van der Waals surface area contributed by atoms with Crippen LogP contribution in [-0.4, -0.2) is 39.1 Å². The number of nitrogens with one attached hydrogen (secondary N) is 1. The van der Waals surface area contributed by atoms with E-state index in [1.54, 1.807) is 0 Å². The first-order chi connectivity index (χ1) is 4.16. The zero-order chi connectivity index (χ0) is 7.28. The summed E-state index contributed by atoms with van der Waals surface area (Å²) in [7, 11) is 6.20. The normalized spacial score (nSPS) is 14.3. The molecule has 0 radical (unpaired) electrons. The van der Waals surface area contributed by atoms with Gasteiger partial charge in [-0.1, -0.05) is 6.92 Å². The summed E-state index contributed by atoms with van der Waals surface area (Å²) in [4.78, 5) is 2.21. The first-order valence-electron chi connectivity index (χ1n) is 3.46. The van der Waals surface area contributed by atoms with E-state index in [-0.39, 0.29) is 0 Å². The van der Waals surface area contributed by atoms with Crippen molar-refractivity contribution < 1.29 is 0 Å². The van der Waals surface area contributed by atoms with E-state index in [2.05, 4.69) is 31.2 Å². The third kappa shape index (κ3) is 5.80. The second kappa shape index (κ2) is 4.77. The van der Waals surface area contributed by atoms with Gasteiger partial charge in [0.2, 0.25) is 0 Å². The van der Waals surface area contributed by atoms with Crippen molar-refractivity contribution in [3.05, 3.63) is 0 Å². The molecule has 1 atom stereocenters. The lowest BCUT2D eigenvalue weighted by molar-refractivity contribution is 0.335. The molecular weight excluding hydrogens is 112 g/mol. The minimum atomic E-state index is 0.755. The molecule has 0 rings (SSSR count). The minimum absolute atomic E-state index is 0.755. The smallest absolute Gasteiger partial charge is 0.00130 e. The summed E-state index contributed by atoms with van der Waals surface area (Å²) in [5.41, 5.74) is 0. The average molecular weight is 130 g/mol. The predicted molar refractivity (Wildman–Crippen MR) is 41.6 cm³/mol. The van der Waals surface area contributed by atoms with Crippen LogP contribution in [0.5, 0.6) is 0 Å². The van der Waals surface area contributed by atoms with Gasteiger partial charge in [0.1, 0.15) is 0 Å². The van der Waals surface area contributed by atoms with Gasteiger partial charge in [-0.05, 0) is 33.6 Å². The van der Waals surface area contributed by atoms with E-state index < -0.39 is 0 Å². The van der Waals surface area contributed by atoms with Crippen molar-refractivity contribution in [2.75, 3.05) is 34.2 Å². The van der Waals surface area contributed by atoms with Gasteiger partial charge in [0.25, 0.3) is 0 Å². The van der Waals surface area contributed by atoms with E-state index in [1.807, 2.05) is 7.05 Å². The Morgan fingerprint density at radius 3 is 2.33 bits per heavy atom. The fraction of sp³-hybridized carbons (Fsp3) is 1.00. The number of hydrogen-bond donors (Lipinski definition) is 1. The van der Waals surface area contributed by atoms with E-state index in [0.717, 1.165) is 12.5 Å². The molecule has 2 nitrogen and oxygen atoms in total. The Hall–Kier alpha value is -0.0800. The molecule has 2 heteroatoms. The largest absolute Gasteiger partial charge is 0.319 e. The van der Waals surface area contributed by atoms with E-state index in [1.165, 1.54) is 6.54 Å². The third-order valence-electron chi connectivity index (χ3n) is 1.23. The summed E-state index contributed by atoms with van der Waals surface area (Å²) in [5.74, 6) is 0.755. The van der Waals surface area contributed by atoms with Gasteiger partial charge in [-0.3, -0.25) is 0 Å². The van der Waals surface area contributed by atoms with Gasteiger partial charge >= 0.3 is 0 Å². The van der Waals surface area contributed by atoms with Crippen LogP contribution in [0.4, 0.5) is 0 Å². The molecule has 9 heavy (non-hydrogen) atoms. The fourth-order valence-electron chi connectivity index (χ4n) is 1.04. The van der Waals surface area contributed by atoms with Crippen molar-refractivity contribution in [2.24, 2.45) is 5.92 Å². The lowest BCUT2D eigenvalue weighted by Crippen LogP contribution is -2.26. The molecule has 0 saturated heterocycles. The summed E-state index contributed by atoms with van der Waals surface area (Å²) in [6.45, 7) is 4.52. The van der Waals surface area contributed by atoms with E-state index >= 15 is 0 Å². The van der Waals surface area contributed by atoms with Crippen molar-refractivity contribution in [3.63, 3.8) is 0 Å². The summed E-state index contributed by atoms with van der Waals surface area (Å²) < 4.78 is 0. The molecular formula is C7H18N2. The Bertz CT molecular complexity index is 61.9. The minimum Gasteiger partial charge on any atom is -0.319 e. The molecule has 0 aliphatic heterocycles. The molecule has 0 bridgehead atoms. The van der Waals surface area contributed by atoms with Gasteiger partial charge in [-0.2, -0.15) is 0 Å². The zero-order valence-electron chi connectivity index (χ0n) is 6.94. The number of nitrogens with zero attached hydrogens (tertiary/aromatic N) is 1. The van der Waals surface area contributed by atoms with Crippen LogP contribution in [0.15, 0.2) is 0 Å². The van der Waals surface area contributed by atoms with Crippen LogP contribution in [0.3, 0.4) is 0 Å². The maximum Gasteiger partial charge on any atom is 0.00130 e. The van der Waals surface area contributed by atoms with Gasteiger partial charge in [-0.15, -0.1) is 0 Å². The van der Waals surface area contributed by atoms with Crippen LogP contribution in [-0.2, 0) is 0 Å². The Morgan fingerprint density at radius 1 is 1.44 bits per heavy atom. The quantitative estimate of drug-likeness (QED) is 0.592. The summed E-state index contributed by atoms with van der Waals surface area (Å²) in [6, 6.07) is 0. The summed E-state index contributed by atoms with van der Waals surface area (Å²) in [6.07, 6.45) is 0. The van der Waals surface area contributed by atoms with Crippen LogP contribution in [0.25, 0.3) is 0 Å². The third-order valence-corrected chi connectivity index (χ3v) is 1.23. The first-order valence-corrected chi connectivity index (χ1v) is 3.46. The Labute approximate surface area is 58.2 Å². The molecule has 0 aliphatic carbocycles. The maximum atomic E-state index is 3.15. The lowest BCUT2D eigenvalue weighted by Gasteiger charge is -2.15. The maximum absolute atomic E-state index is 3.15. The molecule has 0 heterocycles. The highest BCUT2D eigenvalue weighted by molar-refractivity contribution is 4.56. The molecule has 0 aromatic rings. The Kier molecular flexibility index (Phi) is 4.72. The zero-order valence-corrected chi connectivity index (χ0v) is 6.94. The standard InChI is InChI=1S/C7H18N2/c1-7(5-8-2)6-9(3)4/h7-8H,5-6H2,1-4H3. The monoisotopic (exact) mass is 130 g/mol. The van der Waals surface area contributed by atoms with Crippen molar-refractivity contribution in [3.8, 4) is 0 Å². The van der Waals surface area contributed by atoms with Crippen LogP contribution >= 0.6 is 0 Å². The van der Waals surface area contributed by atoms with Crippen LogP contribution < -0.4 is 5.32 Å². The van der Waals surface area contributed by atoms with Gasteiger partial charge in [0, 0.05) is 6.54 Å². The van der Waals surface area contributed by atoms with Gasteiger partial charge < -0.3 is 10.2 Å². The predicted octanol–water partition coefficient (Wildman–Crippen LogP) is 0.403. The second-order valence-corrected chi connectivity index (χ2v) is 2.93. The van der Waals surface area contributed by atoms with Gasteiger partial charge in [0.05, 0.1) is 0 Å². The van der Waals surface area contributed by atoms with Crippen molar-refractivity contribution >= 4 is 0 Å². The van der Waals surface area contributed by atoms with E-state index in [9.17, 15) is 0 Å². The molecule has 0 aliphatic rings. The van der Waals surface area contributed by atoms with Crippen LogP contribution in [0.2, 0.25) is 0 Å². The molecule has 1 unspecified atom stereocenters. The highest BCUT2D eigenvalue weighted by Crippen LogP contribution is 1.92. The molecule has 0 saturated carbocycles. The molecule has 0 aromatic heterocycles. The molecule has 1 N–H and O–H groups in total. The second-order valence-electron chi connectivity index (χ2n) is 2.93. The number of rotatable bonds is 4.